The Balaban J connectivity index is 2.55. The van der Waals surface area contributed by atoms with Crippen LogP contribution < -0.4 is 5.32 Å². The molecular weight excluding hydrogens is 184 g/mol. The molecule has 0 unspecified atom stereocenters. The summed E-state index contributed by atoms with van der Waals surface area (Å²) in [5.41, 5.74) is -0.875. The van der Waals surface area contributed by atoms with E-state index in [4.69, 9.17) is 0 Å². The Kier molecular flexibility index (Phi) is 4.30. The summed E-state index contributed by atoms with van der Waals surface area (Å²) in [4.78, 5) is 0. The molecule has 1 N–H and O–H groups in total. The van der Waals surface area contributed by atoms with Crippen LogP contribution in [0.15, 0.2) is 0 Å². The first-order valence-corrected chi connectivity index (χ1v) is 5.67. The summed E-state index contributed by atoms with van der Waals surface area (Å²) in [5, 5.41) is 2.99. The zero-order chi connectivity index (χ0) is 10.6. The molecule has 0 amide bonds. The van der Waals surface area contributed by atoms with Crippen molar-refractivity contribution < 1.29 is 8.78 Å². The summed E-state index contributed by atoms with van der Waals surface area (Å²) in [6, 6.07) is 0. The molecule has 0 bridgehead atoms. The second-order valence-corrected chi connectivity index (χ2v) is 4.34. The molecular formula is C11H21F2N. The fourth-order valence-electron chi connectivity index (χ4n) is 2.43. The predicted molar refractivity (Wildman–Crippen MR) is 54.7 cm³/mol. The smallest absolute Gasteiger partial charge is 0.256 e. The van der Waals surface area contributed by atoms with E-state index in [1.54, 1.807) is 0 Å². The standard InChI is InChI=1S/C11H21F2N/c1-3-9-5-7-11(8-6-9,10(12)13)14-4-2/h9-10,14H,3-8H2,1-2H3. The lowest BCUT2D eigenvalue weighted by Gasteiger charge is -2.40. The fraction of sp³-hybridized carbons (Fsp3) is 1.00. The van der Waals surface area contributed by atoms with Gasteiger partial charge in [-0.3, -0.25) is 0 Å². The van der Waals surface area contributed by atoms with Crippen molar-refractivity contribution in [2.24, 2.45) is 5.92 Å². The van der Waals surface area contributed by atoms with Crippen molar-refractivity contribution in [2.45, 2.75) is 57.9 Å². The average molecular weight is 205 g/mol. The topological polar surface area (TPSA) is 12.0 Å². The van der Waals surface area contributed by atoms with E-state index in [0.717, 1.165) is 19.3 Å². The molecule has 0 spiro atoms. The van der Waals surface area contributed by atoms with Crippen LogP contribution in [0.2, 0.25) is 0 Å². The highest BCUT2D eigenvalue weighted by Gasteiger charge is 2.41. The molecule has 1 nitrogen and oxygen atoms in total. The lowest BCUT2D eigenvalue weighted by molar-refractivity contribution is -0.00155. The van der Waals surface area contributed by atoms with Gasteiger partial charge in [-0.15, -0.1) is 0 Å². The van der Waals surface area contributed by atoms with Gasteiger partial charge in [-0.1, -0.05) is 20.3 Å². The maximum Gasteiger partial charge on any atom is 0.256 e. The van der Waals surface area contributed by atoms with Crippen molar-refractivity contribution in [1.29, 1.82) is 0 Å². The second-order valence-electron chi connectivity index (χ2n) is 4.34. The minimum absolute atomic E-state index is 0.636. The third-order valence-corrected chi connectivity index (χ3v) is 3.52. The van der Waals surface area contributed by atoms with Gasteiger partial charge in [0.1, 0.15) is 0 Å². The summed E-state index contributed by atoms with van der Waals surface area (Å²) < 4.78 is 25.9. The molecule has 14 heavy (non-hydrogen) atoms. The summed E-state index contributed by atoms with van der Waals surface area (Å²) >= 11 is 0. The van der Waals surface area contributed by atoms with Crippen LogP contribution in [0.5, 0.6) is 0 Å². The number of nitrogens with one attached hydrogen (secondary N) is 1. The Labute approximate surface area is 85.3 Å². The molecule has 0 atom stereocenters. The Morgan fingerprint density at radius 2 is 1.86 bits per heavy atom. The van der Waals surface area contributed by atoms with E-state index in [1.807, 2.05) is 6.92 Å². The Morgan fingerprint density at radius 3 is 2.21 bits per heavy atom. The fourth-order valence-corrected chi connectivity index (χ4v) is 2.43. The molecule has 1 saturated carbocycles. The predicted octanol–water partition coefficient (Wildman–Crippen LogP) is 3.20. The maximum atomic E-state index is 12.9. The Morgan fingerprint density at radius 1 is 1.29 bits per heavy atom. The quantitative estimate of drug-likeness (QED) is 0.743. The lowest BCUT2D eigenvalue weighted by atomic mass is 9.75. The van der Waals surface area contributed by atoms with Gasteiger partial charge in [0.25, 0.3) is 6.43 Å². The van der Waals surface area contributed by atoms with Gasteiger partial charge < -0.3 is 5.32 Å². The first-order chi connectivity index (χ1) is 6.64. The number of rotatable bonds is 4. The summed E-state index contributed by atoms with van der Waals surface area (Å²) in [5.74, 6) is 0.667. The Hall–Kier alpha value is -0.180. The minimum atomic E-state index is -2.22. The first kappa shape index (κ1) is 11.9. The van der Waals surface area contributed by atoms with E-state index in [1.165, 1.54) is 0 Å². The van der Waals surface area contributed by atoms with Gasteiger partial charge in [0.2, 0.25) is 0 Å². The van der Waals surface area contributed by atoms with Crippen molar-refractivity contribution in [1.82, 2.24) is 5.32 Å². The van der Waals surface area contributed by atoms with Crippen LogP contribution >= 0.6 is 0 Å². The molecule has 0 aromatic rings. The summed E-state index contributed by atoms with van der Waals surface area (Å²) in [7, 11) is 0. The van der Waals surface area contributed by atoms with E-state index in [9.17, 15) is 8.78 Å². The number of hydrogen-bond acceptors (Lipinski definition) is 1. The third kappa shape index (κ3) is 2.44. The largest absolute Gasteiger partial charge is 0.307 e. The van der Waals surface area contributed by atoms with E-state index in [2.05, 4.69) is 12.2 Å². The van der Waals surface area contributed by atoms with Crippen LogP contribution in [0.1, 0.15) is 46.0 Å². The lowest BCUT2D eigenvalue weighted by Crippen LogP contribution is -2.53. The second kappa shape index (κ2) is 5.06. The van der Waals surface area contributed by atoms with Crippen LogP contribution in [0, 0.1) is 5.92 Å². The van der Waals surface area contributed by atoms with Crippen molar-refractivity contribution in [2.75, 3.05) is 6.54 Å². The zero-order valence-corrected chi connectivity index (χ0v) is 9.15. The number of alkyl halides is 2. The SMILES string of the molecule is CCNC1(C(F)F)CCC(CC)CC1. The summed E-state index contributed by atoms with van der Waals surface area (Å²) in [6.45, 7) is 4.68. The molecule has 0 aliphatic heterocycles. The van der Waals surface area contributed by atoms with E-state index in [-0.39, 0.29) is 0 Å². The molecule has 1 rings (SSSR count). The van der Waals surface area contributed by atoms with Crippen LogP contribution in [-0.2, 0) is 0 Å². The normalized spacial score (nSPS) is 33.6. The van der Waals surface area contributed by atoms with E-state index in [0.29, 0.717) is 25.3 Å². The van der Waals surface area contributed by atoms with Crippen LogP contribution in [0.4, 0.5) is 8.78 Å². The molecule has 1 fully saturated rings. The van der Waals surface area contributed by atoms with Crippen LogP contribution in [0.3, 0.4) is 0 Å². The van der Waals surface area contributed by atoms with Crippen LogP contribution in [0.25, 0.3) is 0 Å². The van der Waals surface area contributed by atoms with Gasteiger partial charge >= 0.3 is 0 Å². The highest BCUT2D eigenvalue weighted by Crippen LogP contribution is 2.37. The maximum absolute atomic E-state index is 12.9. The van der Waals surface area contributed by atoms with Crippen molar-refractivity contribution in [3.05, 3.63) is 0 Å². The highest BCUT2D eigenvalue weighted by molar-refractivity contribution is 4.94. The molecule has 0 radical (unpaired) electrons. The van der Waals surface area contributed by atoms with E-state index >= 15 is 0 Å². The molecule has 1 aliphatic rings. The molecule has 84 valence electrons. The van der Waals surface area contributed by atoms with Gasteiger partial charge in [-0.05, 0) is 38.1 Å². The van der Waals surface area contributed by atoms with Crippen molar-refractivity contribution in [3.63, 3.8) is 0 Å². The van der Waals surface area contributed by atoms with Crippen LogP contribution in [-0.4, -0.2) is 18.5 Å². The van der Waals surface area contributed by atoms with Crippen molar-refractivity contribution in [3.8, 4) is 0 Å². The van der Waals surface area contributed by atoms with E-state index < -0.39 is 12.0 Å². The third-order valence-electron chi connectivity index (χ3n) is 3.52. The first-order valence-electron chi connectivity index (χ1n) is 5.67. The van der Waals surface area contributed by atoms with Crippen molar-refractivity contribution >= 4 is 0 Å². The zero-order valence-electron chi connectivity index (χ0n) is 9.15. The molecule has 3 heteroatoms. The highest BCUT2D eigenvalue weighted by atomic mass is 19.3. The van der Waals surface area contributed by atoms with Gasteiger partial charge in [0.15, 0.2) is 0 Å². The van der Waals surface area contributed by atoms with Gasteiger partial charge in [0.05, 0.1) is 5.54 Å². The van der Waals surface area contributed by atoms with Gasteiger partial charge in [0, 0.05) is 0 Å². The Bertz CT molecular complexity index is 163. The number of halogens is 2. The molecule has 0 saturated heterocycles. The molecule has 0 heterocycles. The summed E-state index contributed by atoms with van der Waals surface area (Å²) in [6.07, 6.45) is 2.08. The number of hydrogen-bond donors (Lipinski definition) is 1. The van der Waals surface area contributed by atoms with Gasteiger partial charge in [-0.2, -0.15) is 0 Å². The molecule has 0 aromatic carbocycles. The molecule has 0 aromatic heterocycles. The average Bonchev–Trinajstić information content (AvgIpc) is 2.19. The minimum Gasteiger partial charge on any atom is -0.307 e. The van der Waals surface area contributed by atoms with Gasteiger partial charge in [-0.25, -0.2) is 8.78 Å². The monoisotopic (exact) mass is 205 g/mol. The molecule has 1 aliphatic carbocycles.